The van der Waals surface area contributed by atoms with Crippen molar-refractivity contribution in [3.8, 4) is 33.8 Å². The molecule has 2 heterocycles. The third-order valence-electron chi connectivity index (χ3n) is 16.2. The van der Waals surface area contributed by atoms with Crippen LogP contribution in [0.25, 0.3) is 72.1 Å². The van der Waals surface area contributed by atoms with Gasteiger partial charge in [0, 0.05) is 55.4 Å². The highest BCUT2D eigenvalue weighted by molar-refractivity contribution is 6.21. The number of rotatable bonds is 22. The van der Waals surface area contributed by atoms with Gasteiger partial charge in [0.05, 0.1) is 0 Å². The van der Waals surface area contributed by atoms with Crippen LogP contribution in [0.4, 0.5) is 34.1 Å². The highest BCUT2D eigenvalue weighted by Crippen LogP contribution is 2.53. The summed E-state index contributed by atoms with van der Waals surface area (Å²) in [4.78, 5) is 4.78. The summed E-state index contributed by atoms with van der Waals surface area (Å²) in [7, 11) is 0. The topological polar surface area (TPSA) is 32.8 Å². The minimum absolute atomic E-state index is 0.809. The van der Waals surface area contributed by atoms with Crippen molar-refractivity contribution in [1.82, 2.24) is 0 Å². The molecule has 0 fully saturated rings. The lowest BCUT2D eigenvalue weighted by Gasteiger charge is -2.26. The Bertz CT molecular complexity index is 4040. The minimum Gasteiger partial charge on any atom is -0.453 e. The van der Waals surface area contributed by atoms with Crippen molar-refractivity contribution < 1.29 is 8.83 Å². The first kappa shape index (κ1) is 56.0. The lowest BCUT2D eigenvalue weighted by Crippen LogP contribution is -2.10. The monoisotopic (exact) mass is 1090 g/mol. The molecule has 0 amide bonds. The van der Waals surface area contributed by atoms with Crippen LogP contribution < -0.4 is 9.80 Å². The molecule has 0 aliphatic carbocycles. The lowest BCUT2D eigenvalue weighted by molar-refractivity contribution is 0.632. The second-order valence-corrected chi connectivity index (χ2v) is 22.4. The molecule has 416 valence electrons. The summed E-state index contributed by atoms with van der Waals surface area (Å²) < 4.78 is 15.0. The van der Waals surface area contributed by atoms with Crippen LogP contribution in [0.1, 0.15) is 113 Å². The summed E-state index contributed by atoms with van der Waals surface area (Å²) in [6.07, 6.45) is 22.0. The smallest absolute Gasteiger partial charge is 0.159 e. The van der Waals surface area contributed by atoms with E-state index in [2.05, 4.69) is 283 Å². The van der Waals surface area contributed by atoms with Crippen molar-refractivity contribution >= 4 is 72.4 Å². The van der Waals surface area contributed by atoms with Crippen LogP contribution in [0.2, 0.25) is 0 Å². The van der Waals surface area contributed by atoms with Gasteiger partial charge in [-0.25, -0.2) is 0 Å². The van der Waals surface area contributed by atoms with Gasteiger partial charge in [-0.2, -0.15) is 0 Å². The molecule has 0 unspecified atom stereocenters. The van der Waals surface area contributed by atoms with Crippen molar-refractivity contribution in [3.05, 3.63) is 258 Å². The number of hydrogen-bond donors (Lipinski definition) is 0. The van der Waals surface area contributed by atoms with Gasteiger partial charge in [0.2, 0.25) is 0 Å². The van der Waals surface area contributed by atoms with Crippen LogP contribution in [0.15, 0.2) is 233 Å². The van der Waals surface area contributed by atoms with Crippen LogP contribution in [0.3, 0.4) is 0 Å². The molecule has 0 spiro atoms. The van der Waals surface area contributed by atoms with Gasteiger partial charge in [-0.05, 0) is 171 Å². The van der Waals surface area contributed by atoms with Gasteiger partial charge in [-0.1, -0.05) is 216 Å². The summed E-state index contributed by atoms with van der Waals surface area (Å²) in [5.74, 6) is 1.62. The van der Waals surface area contributed by atoms with Crippen LogP contribution in [0.5, 0.6) is 0 Å². The van der Waals surface area contributed by atoms with Crippen molar-refractivity contribution in [3.63, 3.8) is 0 Å². The Balaban J connectivity index is 1.13. The number of allylic oxidation sites excluding steroid dienone is 6. The molecule has 11 aromatic rings. The highest BCUT2D eigenvalue weighted by atomic mass is 16.3. The molecule has 2 aromatic heterocycles. The molecule has 4 heteroatoms. The van der Waals surface area contributed by atoms with Crippen LogP contribution in [-0.4, -0.2) is 0 Å². The minimum atomic E-state index is 0.809. The first-order valence-corrected chi connectivity index (χ1v) is 30.4. The average molecular weight is 1090 g/mol. The van der Waals surface area contributed by atoms with Crippen molar-refractivity contribution in [2.24, 2.45) is 0 Å². The summed E-state index contributed by atoms with van der Waals surface area (Å²) in [6, 6.07) is 72.0. The van der Waals surface area contributed by atoms with E-state index in [0.717, 1.165) is 159 Å². The van der Waals surface area contributed by atoms with E-state index < -0.39 is 0 Å². The zero-order valence-electron chi connectivity index (χ0n) is 49.6. The third kappa shape index (κ3) is 12.1. The van der Waals surface area contributed by atoms with Crippen LogP contribution >= 0.6 is 0 Å². The molecule has 0 atom stereocenters. The van der Waals surface area contributed by atoms with Gasteiger partial charge >= 0.3 is 0 Å². The fourth-order valence-electron chi connectivity index (χ4n) is 11.6. The predicted molar refractivity (Wildman–Crippen MR) is 357 cm³/mol. The zero-order chi connectivity index (χ0) is 57.2. The van der Waals surface area contributed by atoms with Crippen LogP contribution in [0, 0.1) is 13.8 Å². The van der Waals surface area contributed by atoms with Gasteiger partial charge in [0.25, 0.3) is 0 Å². The number of fused-ring (bicyclic) bond motifs is 5. The standard InChI is InChI=1S/C79H78N2O2/c1-8-13-16-17-22-60(19-12-5)62-39-47-68(48-40-62)80(66-43-23-55(6)24-44-66)74-72-53-51-71-70(78(72)82-76(74)64-35-29-58(30-36-64)20-14-9-2)52-54-73-75(77(83-79(71)73)65-37-31-59(32-38-65)21-15-10-3)81(67-45-25-56(7)26-46-67)69-49-41-63(42-50-69)61-33-27-57(18-11-4)28-34-61/h12,16-17,19,22-54H,8-11,13-15,18,20-21H2,1-7H3/b17-16+,19-12-,60-22+. The molecule has 0 saturated heterocycles. The number of benzene rings is 9. The zero-order valence-corrected chi connectivity index (χ0v) is 49.6. The molecule has 0 saturated carbocycles. The first-order chi connectivity index (χ1) is 40.8. The summed E-state index contributed by atoms with van der Waals surface area (Å²) >= 11 is 0. The van der Waals surface area contributed by atoms with Crippen molar-refractivity contribution in [2.75, 3.05) is 9.80 Å². The van der Waals surface area contributed by atoms with Crippen molar-refractivity contribution in [1.29, 1.82) is 0 Å². The number of aryl methyl sites for hydroxylation is 5. The summed E-state index contributed by atoms with van der Waals surface area (Å²) in [5.41, 5.74) is 21.0. The van der Waals surface area contributed by atoms with E-state index in [9.17, 15) is 0 Å². The molecule has 9 aromatic carbocycles. The molecular weight excluding hydrogens is 1010 g/mol. The Labute approximate surface area is 492 Å². The van der Waals surface area contributed by atoms with Gasteiger partial charge in [0.15, 0.2) is 11.5 Å². The molecule has 0 radical (unpaired) electrons. The second-order valence-electron chi connectivity index (χ2n) is 22.4. The van der Waals surface area contributed by atoms with Crippen LogP contribution in [-0.2, 0) is 19.3 Å². The molecule has 0 N–H and O–H groups in total. The number of anilines is 6. The molecule has 83 heavy (non-hydrogen) atoms. The van der Waals surface area contributed by atoms with E-state index in [1.807, 2.05) is 0 Å². The molecular formula is C79H78N2O2. The number of hydrogen-bond acceptors (Lipinski definition) is 4. The fourth-order valence-corrected chi connectivity index (χ4v) is 11.6. The quantitative estimate of drug-likeness (QED) is 0.0633. The lowest BCUT2D eigenvalue weighted by atomic mass is 9.99. The Morgan fingerprint density at radius 2 is 0.783 bits per heavy atom. The SMILES string of the molecule is C\C=C/C(=C\C=C\CCC)c1ccc(N(c2ccc(C)cc2)c2c(-c3ccc(CCCC)cc3)oc3c2ccc2c3ccc3c(N(c4ccc(C)cc4)c4ccc(-c5ccc(CCC)cc5)cc4)c(-c4ccc(CCCC)cc4)oc32)cc1. The fraction of sp³-hybridized carbons (Fsp3) is 0.215. The maximum atomic E-state index is 7.49. The number of furan rings is 2. The second kappa shape index (κ2) is 25.9. The van der Waals surface area contributed by atoms with Gasteiger partial charge in [-0.15, -0.1) is 0 Å². The van der Waals surface area contributed by atoms with E-state index in [0.29, 0.717) is 0 Å². The normalized spacial score (nSPS) is 12.0. The van der Waals surface area contributed by atoms with Gasteiger partial charge < -0.3 is 18.6 Å². The number of unbranched alkanes of at least 4 members (excludes halogenated alkanes) is 3. The van der Waals surface area contributed by atoms with E-state index >= 15 is 0 Å². The third-order valence-corrected chi connectivity index (χ3v) is 16.2. The van der Waals surface area contributed by atoms with Gasteiger partial charge in [-0.3, -0.25) is 0 Å². The van der Waals surface area contributed by atoms with E-state index in [1.54, 1.807) is 0 Å². The Morgan fingerprint density at radius 1 is 0.398 bits per heavy atom. The predicted octanol–water partition coefficient (Wildman–Crippen LogP) is 23.8. The average Bonchev–Trinajstić information content (AvgIpc) is 3.16. The summed E-state index contributed by atoms with van der Waals surface area (Å²) in [6.45, 7) is 15.3. The Morgan fingerprint density at radius 3 is 1.19 bits per heavy atom. The molecule has 11 rings (SSSR count). The van der Waals surface area contributed by atoms with Gasteiger partial charge in [0.1, 0.15) is 22.5 Å². The number of nitrogens with zero attached hydrogens (tertiary/aromatic N) is 2. The highest BCUT2D eigenvalue weighted by Gasteiger charge is 2.29. The van der Waals surface area contributed by atoms with E-state index in [-0.39, 0.29) is 0 Å². The van der Waals surface area contributed by atoms with E-state index in [4.69, 9.17) is 8.83 Å². The molecule has 4 nitrogen and oxygen atoms in total. The first-order valence-electron chi connectivity index (χ1n) is 30.4. The largest absolute Gasteiger partial charge is 0.453 e. The molecule has 0 bridgehead atoms. The van der Waals surface area contributed by atoms with Crippen molar-refractivity contribution in [2.45, 2.75) is 113 Å². The summed E-state index contributed by atoms with van der Waals surface area (Å²) in [5, 5.41) is 3.99. The molecule has 0 aliphatic heterocycles. The maximum absolute atomic E-state index is 7.49. The molecule has 0 aliphatic rings. The Hall–Kier alpha value is -8.86. The maximum Gasteiger partial charge on any atom is 0.159 e. The Kier molecular flexibility index (Phi) is 17.5. The van der Waals surface area contributed by atoms with E-state index in [1.165, 1.54) is 44.5 Å².